The lowest BCUT2D eigenvalue weighted by Gasteiger charge is -2.11. The molecule has 2 aromatic carbocycles. The van der Waals surface area contributed by atoms with Crippen molar-refractivity contribution in [3.8, 4) is 11.1 Å². The minimum atomic E-state index is -4.50. The molecule has 0 aromatic heterocycles. The summed E-state index contributed by atoms with van der Waals surface area (Å²) in [6.07, 6.45) is -4.50. The third-order valence-electron chi connectivity index (χ3n) is 2.53. The summed E-state index contributed by atoms with van der Waals surface area (Å²) in [6.45, 7) is 0. The quantitative estimate of drug-likeness (QED) is 0.582. The molecule has 0 aliphatic heterocycles. The summed E-state index contributed by atoms with van der Waals surface area (Å²) in [5.74, 6) is -0.644. The zero-order chi connectivity index (χ0) is 14.2. The van der Waals surface area contributed by atoms with Crippen LogP contribution < -0.4 is 0 Å². The molecule has 0 nitrogen and oxygen atoms in total. The first kappa shape index (κ1) is 14.2. The molecule has 0 saturated carbocycles. The van der Waals surface area contributed by atoms with Gasteiger partial charge in [-0.15, -0.1) is 0 Å². The molecular weight excluding hydrogens is 303 g/mol. The molecule has 0 atom stereocenters. The number of hydrogen-bond donors (Lipinski definition) is 0. The second kappa shape index (κ2) is 5.02. The highest BCUT2D eigenvalue weighted by Crippen LogP contribution is 2.38. The second-order valence-electron chi connectivity index (χ2n) is 3.79. The minimum absolute atomic E-state index is 0.0112. The Labute approximate surface area is 116 Å². The second-order valence-corrected chi connectivity index (χ2v) is 4.60. The zero-order valence-electron chi connectivity index (χ0n) is 9.23. The standard InChI is InChI=1S/C13H6Cl2F4/c14-9-2-1-3-11(16)12(9)8-5-4-7(6-10(8)15)13(17,18)19/h1-6H. The van der Waals surface area contributed by atoms with Gasteiger partial charge in [-0.05, 0) is 24.3 Å². The van der Waals surface area contributed by atoms with Crippen LogP contribution in [0.3, 0.4) is 0 Å². The predicted molar refractivity (Wildman–Crippen MR) is 66.9 cm³/mol. The Morgan fingerprint density at radius 1 is 0.895 bits per heavy atom. The van der Waals surface area contributed by atoms with Gasteiger partial charge < -0.3 is 0 Å². The number of alkyl halides is 3. The third-order valence-corrected chi connectivity index (χ3v) is 3.16. The molecule has 0 spiro atoms. The summed E-state index contributed by atoms with van der Waals surface area (Å²) < 4.78 is 51.2. The summed E-state index contributed by atoms with van der Waals surface area (Å²) >= 11 is 11.6. The molecule has 0 N–H and O–H groups in total. The van der Waals surface area contributed by atoms with Crippen molar-refractivity contribution in [2.45, 2.75) is 6.18 Å². The van der Waals surface area contributed by atoms with Crippen molar-refractivity contribution >= 4 is 23.2 Å². The van der Waals surface area contributed by atoms with Gasteiger partial charge in [-0.1, -0.05) is 35.3 Å². The zero-order valence-corrected chi connectivity index (χ0v) is 10.7. The number of halogens is 6. The van der Waals surface area contributed by atoms with Crippen LogP contribution in [0.15, 0.2) is 36.4 Å². The maximum atomic E-state index is 13.7. The summed E-state index contributed by atoms with van der Waals surface area (Å²) in [7, 11) is 0. The van der Waals surface area contributed by atoms with Gasteiger partial charge in [-0.2, -0.15) is 13.2 Å². The lowest BCUT2D eigenvalue weighted by Crippen LogP contribution is -2.04. The normalized spacial score (nSPS) is 11.7. The molecule has 0 unspecified atom stereocenters. The van der Waals surface area contributed by atoms with E-state index in [4.69, 9.17) is 23.2 Å². The lowest BCUT2D eigenvalue weighted by atomic mass is 10.0. The molecule has 0 radical (unpaired) electrons. The molecule has 0 aliphatic carbocycles. The third kappa shape index (κ3) is 2.85. The average Bonchev–Trinajstić information content (AvgIpc) is 2.29. The molecular formula is C13H6Cl2F4. The van der Waals surface area contributed by atoms with Crippen molar-refractivity contribution in [3.63, 3.8) is 0 Å². The Hall–Kier alpha value is -1.26. The van der Waals surface area contributed by atoms with Gasteiger partial charge in [0, 0.05) is 16.1 Å². The summed E-state index contributed by atoms with van der Waals surface area (Å²) in [6, 6.07) is 6.70. The lowest BCUT2D eigenvalue weighted by molar-refractivity contribution is -0.137. The highest BCUT2D eigenvalue weighted by Gasteiger charge is 2.31. The Morgan fingerprint density at radius 3 is 2.11 bits per heavy atom. The Bertz CT molecular complexity index is 600. The van der Waals surface area contributed by atoms with E-state index in [9.17, 15) is 17.6 Å². The highest BCUT2D eigenvalue weighted by atomic mass is 35.5. The van der Waals surface area contributed by atoms with Gasteiger partial charge in [0.15, 0.2) is 0 Å². The van der Waals surface area contributed by atoms with E-state index in [1.54, 1.807) is 0 Å². The first-order valence-corrected chi connectivity index (χ1v) is 5.87. The monoisotopic (exact) mass is 308 g/mol. The predicted octanol–water partition coefficient (Wildman–Crippen LogP) is 5.82. The van der Waals surface area contributed by atoms with Crippen LogP contribution in [0.1, 0.15) is 5.56 Å². The van der Waals surface area contributed by atoms with E-state index in [0.717, 1.165) is 24.3 Å². The van der Waals surface area contributed by atoms with Crippen LogP contribution in [-0.4, -0.2) is 0 Å². The van der Waals surface area contributed by atoms with Crippen molar-refractivity contribution in [1.29, 1.82) is 0 Å². The molecule has 0 amide bonds. The minimum Gasteiger partial charge on any atom is -0.206 e. The fraction of sp³-hybridized carbons (Fsp3) is 0.0769. The van der Waals surface area contributed by atoms with Crippen LogP contribution in [0.2, 0.25) is 10.0 Å². The van der Waals surface area contributed by atoms with Crippen LogP contribution in [0.4, 0.5) is 17.6 Å². The largest absolute Gasteiger partial charge is 0.416 e. The topological polar surface area (TPSA) is 0 Å². The van der Waals surface area contributed by atoms with E-state index in [1.807, 2.05) is 0 Å². The van der Waals surface area contributed by atoms with Crippen molar-refractivity contribution in [3.05, 3.63) is 57.8 Å². The van der Waals surface area contributed by atoms with E-state index in [-0.39, 0.29) is 21.2 Å². The van der Waals surface area contributed by atoms with E-state index in [2.05, 4.69) is 0 Å². The summed E-state index contributed by atoms with van der Waals surface area (Å²) in [5.41, 5.74) is -0.783. The van der Waals surface area contributed by atoms with Crippen LogP contribution >= 0.6 is 23.2 Å². The molecule has 0 aliphatic rings. The van der Waals surface area contributed by atoms with Crippen LogP contribution in [-0.2, 0) is 6.18 Å². The molecule has 2 rings (SSSR count). The maximum Gasteiger partial charge on any atom is 0.416 e. The van der Waals surface area contributed by atoms with Gasteiger partial charge in [-0.25, -0.2) is 4.39 Å². The van der Waals surface area contributed by atoms with Gasteiger partial charge in [0.25, 0.3) is 0 Å². The first-order valence-electron chi connectivity index (χ1n) is 5.12. The van der Waals surface area contributed by atoms with Gasteiger partial charge in [0.05, 0.1) is 10.6 Å². The van der Waals surface area contributed by atoms with E-state index >= 15 is 0 Å². The molecule has 19 heavy (non-hydrogen) atoms. The van der Waals surface area contributed by atoms with Gasteiger partial charge in [0.2, 0.25) is 0 Å². The average molecular weight is 309 g/mol. The van der Waals surface area contributed by atoms with Crippen molar-refractivity contribution in [1.82, 2.24) is 0 Å². The van der Waals surface area contributed by atoms with Gasteiger partial charge in [0.1, 0.15) is 5.82 Å². The van der Waals surface area contributed by atoms with Crippen LogP contribution in [0.25, 0.3) is 11.1 Å². The fourth-order valence-electron chi connectivity index (χ4n) is 1.65. The molecule has 0 bridgehead atoms. The molecule has 6 heteroatoms. The number of rotatable bonds is 1. The van der Waals surface area contributed by atoms with E-state index < -0.39 is 17.6 Å². The summed E-state index contributed by atoms with van der Waals surface area (Å²) in [4.78, 5) is 0. The Morgan fingerprint density at radius 2 is 1.58 bits per heavy atom. The SMILES string of the molecule is Fc1cccc(Cl)c1-c1ccc(C(F)(F)F)cc1Cl. The Balaban J connectivity index is 2.59. The maximum absolute atomic E-state index is 13.7. The Kier molecular flexibility index (Phi) is 3.74. The van der Waals surface area contributed by atoms with Crippen LogP contribution in [0, 0.1) is 5.82 Å². The van der Waals surface area contributed by atoms with Gasteiger partial charge >= 0.3 is 6.18 Å². The number of benzene rings is 2. The molecule has 2 aromatic rings. The first-order chi connectivity index (χ1) is 8.80. The molecule has 0 saturated heterocycles. The molecule has 100 valence electrons. The van der Waals surface area contributed by atoms with Crippen molar-refractivity contribution in [2.24, 2.45) is 0 Å². The van der Waals surface area contributed by atoms with E-state index in [1.165, 1.54) is 12.1 Å². The van der Waals surface area contributed by atoms with Gasteiger partial charge in [-0.3, -0.25) is 0 Å². The number of hydrogen-bond acceptors (Lipinski definition) is 0. The molecule has 0 fully saturated rings. The molecule has 0 heterocycles. The summed E-state index contributed by atoms with van der Waals surface area (Å²) in [5, 5.41) is -0.122. The van der Waals surface area contributed by atoms with Crippen molar-refractivity contribution in [2.75, 3.05) is 0 Å². The fourth-order valence-corrected chi connectivity index (χ4v) is 2.19. The van der Waals surface area contributed by atoms with E-state index in [0.29, 0.717) is 0 Å². The van der Waals surface area contributed by atoms with Crippen molar-refractivity contribution < 1.29 is 17.6 Å². The highest BCUT2D eigenvalue weighted by molar-refractivity contribution is 6.36. The smallest absolute Gasteiger partial charge is 0.206 e. The van der Waals surface area contributed by atoms with Crippen LogP contribution in [0.5, 0.6) is 0 Å².